The van der Waals surface area contributed by atoms with Gasteiger partial charge < -0.3 is 14.4 Å². The van der Waals surface area contributed by atoms with Crippen LogP contribution in [0.25, 0.3) is 23.0 Å². The molecule has 0 spiro atoms. The van der Waals surface area contributed by atoms with Gasteiger partial charge >= 0.3 is 0 Å². The molecule has 0 saturated carbocycles. The van der Waals surface area contributed by atoms with E-state index in [1.165, 1.54) is 0 Å². The summed E-state index contributed by atoms with van der Waals surface area (Å²) in [4.78, 5) is 30.0. The number of nitrogens with zero attached hydrogens (tertiary/aromatic N) is 3. The van der Waals surface area contributed by atoms with Crippen LogP contribution >= 0.6 is 11.6 Å². The van der Waals surface area contributed by atoms with Crippen molar-refractivity contribution >= 4 is 29.5 Å². The van der Waals surface area contributed by atoms with Crippen LogP contribution in [0.5, 0.6) is 0 Å². The molecule has 0 aliphatic carbocycles. The number of piperazine rings is 1. The molecular formula is C31H28ClN3O2. The smallest absolute Gasteiger partial charge is 0.255 e. The molecule has 1 saturated heterocycles. The van der Waals surface area contributed by atoms with Gasteiger partial charge in [-0.1, -0.05) is 72.3 Å². The van der Waals surface area contributed by atoms with Gasteiger partial charge in [-0.3, -0.25) is 9.59 Å². The minimum Gasteiger partial charge on any atom is -0.336 e. The van der Waals surface area contributed by atoms with E-state index in [0.29, 0.717) is 36.8 Å². The zero-order valence-electron chi connectivity index (χ0n) is 20.7. The first kappa shape index (κ1) is 24.6. The zero-order valence-corrected chi connectivity index (χ0v) is 21.4. The number of halogens is 1. The second-order valence-electron chi connectivity index (χ2n) is 9.07. The van der Waals surface area contributed by atoms with Crippen molar-refractivity contribution in [2.24, 2.45) is 0 Å². The van der Waals surface area contributed by atoms with E-state index in [1.54, 1.807) is 11.0 Å². The van der Waals surface area contributed by atoms with Crippen LogP contribution in [0.15, 0.2) is 97.1 Å². The molecule has 3 aromatic carbocycles. The highest BCUT2D eigenvalue weighted by atomic mass is 35.5. The van der Waals surface area contributed by atoms with Crippen molar-refractivity contribution in [3.05, 3.63) is 119 Å². The topological polar surface area (TPSA) is 45.6 Å². The Hall–Kier alpha value is -4.09. The Morgan fingerprint density at radius 2 is 1.38 bits per heavy atom. The summed E-state index contributed by atoms with van der Waals surface area (Å²) in [5.74, 6) is -0.0540. The molecule has 0 radical (unpaired) electrons. The monoisotopic (exact) mass is 509 g/mol. The standard InChI is InChI=1S/C31H28ClN3O2/c1-23-28(22-29(25-13-15-26(32)16-14-25)35(23)27-10-6-3-7-11-27)31(37)34-20-18-33(19-21-34)30(36)17-12-24-8-4-2-5-9-24/h2-17,22H,18-21H2,1H3. The fourth-order valence-electron chi connectivity index (χ4n) is 4.70. The van der Waals surface area contributed by atoms with E-state index in [9.17, 15) is 9.59 Å². The number of rotatable bonds is 5. The van der Waals surface area contributed by atoms with Crippen LogP contribution in [0.1, 0.15) is 21.6 Å². The fraction of sp³-hybridized carbons (Fsp3) is 0.161. The Balaban J connectivity index is 1.35. The molecule has 5 rings (SSSR count). The number of amides is 2. The lowest BCUT2D eigenvalue weighted by Gasteiger charge is -2.34. The molecule has 0 N–H and O–H groups in total. The third-order valence-electron chi connectivity index (χ3n) is 6.73. The Bertz CT molecular complexity index is 1420. The number of hydrogen-bond donors (Lipinski definition) is 0. The Labute approximate surface area is 222 Å². The van der Waals surface area contributed by atoms with E-state index >= 15 is 0 Å². The van der Waals surface area contributed by atoms with Crippen LogP contribution in [0.4, 0.5) is 0 Å². The molecule has 1 aliphatic rings. The van der Waals surface area contributed by atoms with Crippen molar-refractivity contribution in [1.82, 2.24) is 14.4 Å². The average molecular weight is 510 g/mol. The molecule has 1 aliphatic heterocycles. The Morgan fingerprint density at radius 1 is 0.784 bits per heavy atom. The Kier molecular flexibility index (Phi) is 7.24. The zero-order chi connectivity index (χ0) is 25.8. The summed E-state index contributed by atoms with van der Waals surface area (Å²) in [6.07, 6.45) is 3.43. The van der Waals surface area contributed by atoms with Gasteiger partial charge in [0.1, 0.15) is 0 Å². The van der Waals surface area contributed by atoms with Crippen molar-refractivity contribution in [1.29, 1.82) is 0 Å². The summed E-state index contributed by atoms with van der Waals surface area (Å²) in [6, 6.07) is 29.4. The quantitative estimate of drug-likeness (QED) is 0.305. The van der Waals surface area contributed by atoms with E-state index in [4.69, 9.17) is 11.6 Å². The summed E-state index contributed by atoms with van der Waals surface area (Å²) in [7, 11) is 0. The maximum absolute atomic E-state index is 13.7. The predicted octanol–water partition coefficient (Wildman–Crippen LogP) is 6.10. The SMILES string of the molecule is Cc1c(C(=O)N2CCN(C(=O)C=Cc3ccccc3)CC2)cc(-c2ccc(Cl)cc2)n1-c1ccccc1. The molecule has 1 aromatic heterocycles. The number of hydrogen-bond acceptors (Lipinski definition) is 2. The van der Waals surface area contributed by atoms with Crippen LogP contribution in [-0.2, 0) is 4.79 Å². The van der Waals surface area contributed by atoms with E-state index < -0.39 is 0 Å². The van der Waals surface area contributed by atoms with Gasteiger partial charge in [-0.15, -0.1) is 0 Å². The normalized spacial score (nSPS) is 13.8. The van der Waals surface area contributed by atoms with Gasteiger partial charge in [-0.2, -0.15) is 0 Å². The second kappa shape index (κ2) is 10.9. The van der Waals surface area contributed by atoms with Crippen LogP contribution in [0, 0.1) is 6.92 Å². The number of aromatic nitrogens is 1. The van der Waals surface area contributed by atoms with Gasteiger partial charge in [0.15, 0.2) is 0 Å². The lowest BCUT2D eigenvalue weighted by Crippen LogP contribution is -2.50. The molecule has 186 valence electrons. The summed E-state index contributed by atoms with van der Waals surface area (Å²) in [5.41, 5.74) is 5.44. The summed E-state index contributed by atoms with van der Waals surface area (Å²) in [6.45, 7) is 3.98. The summed E-state index contributed by atoms with van der Waals surface area (Å²) in [5, 5.41) is 0.667. The maximum atomic E-state index is 13.7. The lowest BCUT2D eigenvalue weighted by molar-refractivity contribution is -0.127. The highest BCUT2D eigenvalue weighted by Gasteiger charge is 2.27. The first-order chi connectivity index (χ1) is 18.0. The minimum absolute atomic E-state index is 0.0191. The van der Waals surface area contributed by atoms with Crippen LogP contribution < -0.4 is 0 Å². The molecular weight excluding hydrogens is 482 g/mol. The molecule has 6 heteroatoms. The molecule has 37 heavy (non-hydrogen) atoms. The summed E-state index contributed by atoms with van der Waals surface area (Å²) >= 11 is 6.13. The van der Waals surface area contributed by atoms with Gasteiger partial charge in [0.25, 0.3) is 5.91 Å². The van der Waals surface area contributed by atoms with Crippen molar-refractivity contribution in [2.45, 2.75) is 6.92 Å². The number of para-hydroxylation sites is 1. The number of carbonyl (C=O) groups excluding carboxylic acids is 2. The van der Waals surface area contributed by atoms with Crippen molar-refractivity contribution in [3.8, 4) is 16.9 Å². The average Bonchev–Trinajstić information content (AvgIpc) is 3.29. The minimum atomic E-state index is -0.0348. The van der Waals surface area contributed by atoms with Crippen LogP contribution in [-0.4, -0.2) is 52.4 Å². The molecule has 0 bridgehead atoms. The largest absolute Gasteiger partial charge is 0.336 e. The number of carbonyl (C=O) groups is 2. The third-order valence-corrected chi connectivity index (χ3v) is 6.98. The lowest BCUT2D eigenvalue weighted by atomic mass is 10.1. The van der Waals surface area contributed by atoms with Crippen molar-refractivity contribution in [3.63, 3.8) is 0 Å². The van der Waals surface area contributed by atoms with E-state index in [-0.39, 0.29) is 11.8 Å². The molecule has 2 amide bonds. The van der Waals surface area contributed by atoms with Gasteiger partial charge in [0.05, 0.1) is 11.3 Å². The van der Waals surface area contributed by atoms with Crippen LogP contribution in [0.2, 0.25) is 5.02 Å². The van der Waals surface area contributed by atoms with E-state index in [2.05, 4.69) is 4.57 Å². The highest BCUT2D eigenvalue weighted by Crippen LogP contribution is 2.31. The van der Waals surface area contributed by atoms with Gasteiger partial charge in [0.2, 0.25) is 5.91 Å². The van der Waals surface area contributed by atoms with E-state index in [1.807, 2.05) is 109 Å². The third kappa shape index (κ3) is 5.37. The van der Waals surface area contributed by atoms with Gasteiger partial charge in [-0.25, -0.2) is 0 Å². The molecule has 0 atom stereocenters. The molecule has 1 fully saturated rings. The van der Waals surface area contributed by atoms with Gasteiger partial charge in [-0.05, 0) is 54.5 Å². The maximum Gasteiger partial charge on any atom is 0.255 e. The van der Waals surface area contributed by atoms with Gasteiger partial charge in [0, 0.05) is 48.7 Å². The molecule has 5 nitrogen and oxygen atoms in total. The molecule has 4 aromatic rings. The predicted molar refractivity (Wildman–Crippen MR) is 149 cm³/mol. The number of benzene rings is 3. The first-order valence-corrected chi connectivity index (χ1v) is 12.7. The Morgan fingerprint density at radius 3 is 2.03 bits per heavy atom. The highest BCUT2D eigenvalue weighted by molar-refractivity contribution is 6.30. The van der Waals surface area contributed by atoms with Crippen molar-refractivity contribution < 1.29 is 9.59 Å². The van der Waals surface area contributed by atoms with E-state index in [0.717, 1.165) is 28.2 Å². The molecule has 0 unspecified atom stereocenters. The fourth-order valence-corrected chi connectivity index (χ4v) is 4.83. The van der Waals surface area contributed by atoms with Crippen LogP contribution in [0.3, 0.4) is 0 Å². The first-order valence-electron chi connectivity index (χ1n) is 12.4. The summed E-state index contributed by atoms with van der Waals surface area (Å²) < 4.78 is 2.12. The molecule has 2 heterocycles. The second-order valence-corrected chi connectivity index (χ2v) is 9.50. The van der Waals surface area contributed by atoms with Crippen molar-refractivity contribution in [2.75, 3.05) is 26.2 Å².